The highest BCUT2D eigenvalue weighted by Gasteiger charge is 2.22. The Kier molecular flexibility index (Phi) is 6.93. The number of carbonyl (C=O) groups is 2. The summed E-state index contributed by atoms with van der Waals surface area (Å²) in [5.74, 6) is -3.26. The molecule has 2 atom stereocenters. The van der Waals surface area contributed by atoms with Gasteiger partial charge in [-0.05, 0) is 49.6 Å². The maximum Gasteiger partial charge on any atom is 0.313 e. The van der Waals surface area contributed by atoms with Gasteiger partial charge < -0.3 is 19.7 Å². The van der Waals surface area contributed by atoms with E-state index < -0.39 is 29.5 Å². The predicted octanol–water partition coefficient (Wildman–Crippen LogP) is 3.89. The van der Waals surface area contributed by atoms with Gasteiger partial charge in [-0.3, -0.25) is 9.59 Å². The van der Waals surface area contributed by atoms with E-state index in [2.05, 4.69) is 5.32 Å². The first-order chi connectivity index (χ1) is 15.2. The van der Waals surface area contributed by atoms with Crippen LogP contribution in [0.4, 0.5) is 8.78 Å². The van der Waals surface area contributed by atoms with Crippen molar-refractivity contribution in [1.82, 2.24) is 9.88 Å². The number of ether oxygens (including phenoxy) is 1. The van der Waals surface area contributed by atoms with Gasteiger partial charge in [0.15, 0.2) is 11.6 Å². The molecule has 0 aliphatic heterocycles. The van der Waals surface area contributed by atoms with Crippen LogP contribution in [0.3, 0.4) is 0 Å². The molecule has 1 unspecified atom stereocenters. The van der Waals surface area contributed by atoms with Crippen LogP contribution in [0.5, 0.6) is 0 Å². The molecule has 2 aromatic carbocycles. The van der Waals surface area contributed by atoms with Gasteiger partial charge in [-0.1, -0.05) is 24.3 Å². The zero-order valence-electron chi connectivity index (χ0n) is 18.4. The maximum absolute atomic E-state index is 14.3. The van der Waals surface area contributed by atoms with E-state index in [0.717, 1.165) is 5.56 Å². The number of carbonyl (C=O) groups excluding carboxylic acids is 2. The van der Waals surface area contributed by atoms with E-state index in [0.29, 0.717) is 17.7 Å². The molecule has 1 aromatic heterocycles. The van der Waals surface area contributed by atoms with Crippen LogP contribution in [0, 0.1) is 18.6 Å². The van der Waals surface area contributed by atoms with Crippen LogP contribution >= 0.6 is 0 Å². The largest absolute Gasteiger partial charge is 0.466 e. The van der Waals surface area contributed by atoms with Crippen LogP contribution < -0.4 is 5.32 Å². The van der Waals surface area contributed by atoms with Crippen LogP contribution in [-0.2, 0) is 16.6 Å². The number of hydrogen-bond acceptors (Lipinski definition) is 4. The highest BCUT2D eigenvalue weighted by molar-refractivity contribution is 5.99. The fourth-order valence-electron chi connectivity index (χ4n) is 3.63. The number of nitrogens with zero attached hydrogens (tertiary/aromatic N) is 1. The van der Waals surface area contributed by atoms with Crippen LogP contribution in [0.15, 0.2) is 36.4 Å². The Hall–Kier alpha value is -3.26. The molecule has 0 saturated carbocycles. The van der Waals surface area contributed by atoms with Crippen molar-refractivity contribution < 1.29 is 28.2 Å². The first kappa shape index (κ1) is 23.4. The molecule has 3 aromatic rings. The third-order valence-electron chi connectivity index (χ3n) is 5.61. The fourth-order valence-corrected chi connectivity index (χ4v) is 3.63. The summed E-state index contributed by atoms with van der Waals surface area (Å²) in [4.78, 5) is 24.8. The van der Waals surface area contributed by atoms with Gasteiger partial charge in [0, 0.05) is 12.4 Å². The van der Waals surface area contributed by atoms with E-state index in [1.165, 1.54) is 23.6 Å². The number of rotatable bonds is 7. The topological polar surface area (TPSA) is 80.6 Å². The number of halogens is 2. The van der Waals surface area contributed by atoms with Crippen molar-refractivity contribution in [2.45, 2.75) is 32.7 Å². The van der Waals surface area contributed by atoms with Crippen molar-refractivity contribution in [3.63, 3.8) is 0 Å². The molecule has 0 aliphatic carbocycles. The van der Waals surface area contributed by atoms with Gasteiger partial charge in [-0.25, -0.2) is 8.78 Å². The average Bonchev–Trinajstić information content (AvgIpc) is 3.12. The lowest BCUT2D eigenvalue weighted by molar-refractivity contribution is -0.144. The Morgan fingerprint density at radius 2 is 1.75 bits per heavy atom. The number of aliphatic hydroxyl groups is 1. The van der Waals surface area contributed by atoms with Gasteiger partial charge in [0.05, 0.1) is 30.7 Å². The normalized spacial score (nSPS) is 13.1. The third-order valence-corrected chi connectivity index (χ3v) is 5.61. The van der Waals surface area contributed by atoms with Crippen LogP contribution in [0.2, 0.25) is 0 Å². The second-order valence-electron chi connectivity index (χ2n) is 7.69. The molecule has 1 heterocycles. The Morgan fingerprint density at radius 1 is 1.12 bits per heavy atom. The number of aromatic nitrogens is 1. The van der Waals surface area contributed by atoms with E-state index >= 15 is 0 Å². The molecular weight excluding hydrogens is 418 g/mol. The lowest BCUT2D eigenvalue weighted by atomic mass is 9.98. The van der Waals surface area contributed by atoms with Gasteiger partial charge in [0.2, 0.25) is 0 Å². The van der Waals surface area contributed by atoms with E-state index in [-0.39, 0.29) is 29.2 Å². The molecule has 0 radical (unpaired) electrons. The summed E-state index contributed by atoms with van der Waals surface area (Å²) in [5.41, 5.74) is 2.05. The molecule has 32 heavy (non-hydrogen) atoms. The molecule has 1 amide bonds. The van der Waals surface area contributed by atoms with E-state index in [9.17, 15) is 23.5 Å². The van der Waals surface area contributed by atoms with Crippen molar-refractivity contribution in [2.75, 3.05) is 13.2 Å². The summed E-state index contributed by atoms with van der Waals surface area (Å²) in [6, 6.07) is 8.96. The van der Waals surface area contributed by atoms with Gasteiger partial charge in [-0.15, -0.1) is 0 Å². The molecular formula is C24H26F2N2O4. The molecule has 6 nitrogen and oxygen atoms in total. The van der Waals surface area contributed by atoms with Crippen molar-refractivity contribution >= 4 is 22.8 Å². The number of benzene rings is 2. The molecule has 0 aliphatic rings. The van der Waals surface area contributed by atoms with E-state index in [4.69, 9.17) is 4.74 Å². The van der Waals surface area contributed by atoms with Crippen LogP contribution in [-0.4, -0.2) is 34.8 Å². The maximum atomic E-state index is 14.3. The minimum absolute atomic E-state index is 0.0126. The van der Waals surface area contributed by atoms with Gasteiger partial charge in [-0.2, -0.15) is 0 Å². The second-order valence-corrected chi connectivity index (χ2v) is 7.69. The fraction of sp³-hybridized carbons (Fsp3) is 0.333. The summed E-state index contributed by atoms with van der Waals surface area (Å²) in [6.45, 7) is 4.86. The third kappa shape index (κ3) is 4.36. The van der Waals surface area contributed by atoms with Crippen molar-refractivity contribution in [2.24, 2.45) is 7.05 Å². The predicted molar refractivity (Wildman–Crippen MR) is 116 cm³/mol. The first-order valence-corrected chi connectivity index (χ1v) is 10.3. The first-order valence-electron chi connectivity index (χ1n) is 10.3. The quantitative estimate of drug-likeness (QED) is 0.542. The van der Waals surface area contributed by atoms with Gasteiger partial charge in [0.25, 0.3) is 5.91 Å². The molecule has 3 rings (SSSR count). The lowest BCUT2D eigenvalue weighted by Gasteiger charge is -2.18. The van der Waals surface area contributed by atoms with Crippen LogP contribution in [0.25, 0.3) is 10.9 Å². The van der Waals surface area contributed by atoms with Gasteiger partial charge in [0.1, 0.15) is 5.69 Å². The monoisotopic (exact) mass is 444 g/mol. The second kappa shape index (κ2) is 9.48. The van der Waals surface area contributed by atoms with Gasteiger partial charge >= 0.3 is 5.97 Å². The smallest absolute Gasteiger partial charge is 0.313 e. The summed E-state index contributed by atoms with van der Waals surface area (Å²) in [6.07, 6.45) is 0. The number of esters is 1. The molecule has 0 fully saturated rings. The molecule has 170 valence electrons. The number of nitrogens with one attached hydrogen (secondary N) is 1. The lowest BCUT2D eigenvalue weighted by Crippen LogP contribution is -2.32. The zero-order valence-corrected chi connectivity index (χ0v) is 18.4. The Morgan fingerprint density at radius 3 is 2.34 bits per heavy atom. The minimum atomic E-state index is -1.00. The van der Waals surface area contributed by atoms with Crippen molar-refractivity contribution in [3.05, 3.63) is 70.4 Å². The highest BCUT2D eigenvalue weighted by atomic mass is 19.2. The molecule has 2 N–H and O–H groups in total. The SMILES string of the molecule is CCOC(=O)C(C)c1ccc([C@@H](CO)NC(=O)c2cc3c(F)c(F)c(C)cc3n2C)cc1. The molecule has 0 saturated heterocycles. The molecule has 0 bridgehead atoms. The average molecular weight is 444 g/mol. The van der Waals surface area contributed by atoms with Crippen molar-refractivity contribution in [1.29, 1.82) is 0 Å². The summed E-state index contributed by atoms with van der Waals surface area (Å²) < 4.78 is 34.8. The number of amides is 1. The minimum Gasteiger partial charge on any atom is -0.466 e. The van der Waals surface area contributed by atoms with E-state index in [1.54, 1.807) is 45.2 Å². The zero-order chi connectivity index (χ0) is 23.6. The van der Waals surface area contributed by atoms with Crippen LogP contribution in [0.1, 0.15) is 53.0 Å². The Labute approximate surface area is 184 Å². The summed E-state index contributed by atoms with van der Waals surface area (Å²) >= 11 is 0. The Bertz CT molecular complexity index is 1160. The number of aryl methyl sites for hydroxylation is 2. The standard InChI is InChI=1S/C24H26F2N2O4/c1-5-32-24(31)14(3)15-6-8-16(9-7-15)18(12-29)27-23(30)20-11-17-19(28(20)4)10-13(2)21(25)22(17)26/h6-11,14,18,29H,5,12H2,1-4H3,(H,27,30)/t14?,18-/m1/s1. The number of fused-ring (bicyclic) bond motifs is 1. The summed E-state index contributed by atoms with van der Waals surface area (Å²) in [5, 5.41) is 12.6. The molecule has 0 spiro atoms. The summed E-state index contributed by atoms with van der Waals surface area (Å²) in [7, 11) is 1.59. The van der Waals surface area contributed by atoms with Crippen molar-refractivity contribution in [3.8, 4) is 0 Å². The Balaban J connectivity index is 1.83. The number of aliphatic hydroxyl groups excluding tert-OH is 1. The van der Waals surface area contributed by atoms with E-state index in [1.807, 2.05) is 0 Å². The number of hydrogen-bond donors (Lipinski definition) is 2. The molecule has 8 heteroatoms. The highest BCUT2D eigenvalue weighted by Crippen LogP contribution is 2.27.